The zero-order chi connectivity index (χ0) is 26.9. The van der Waals surface area contributed by atoms with Gasteiger partial charge in [-0.2, -0.15) is 0 Å². The molecule has 0 fully saturated rings. The van der Waals surface area contributed by atoms with Crippen LogP contribution in [-0.2, 0) is 0 Å². The third-order valence-electron chi connectivity index (χ3n) is 7.17. The van der Waals surface area contributed by atoms with Crippen LogP contribution in [-0.4, -0.2) is 12.1 Å². The van der Waals surface area contributed by atoms with Gasteiger partial charge in [0, 0.05) is 45.1 Å². The number of benzene rings is 6. The van der Waals surface area contributed by atoms with E-state index < -0.39 is 0 Å². The van der Waals surface area contributed by atoms with E-state index >= 15 is 0 Å². The smallest absolute Gasteiger partial charge is 0.151 e. The van der Waals surface area contributed by atoms with Crippen LogP contribution < -0.4 is 5.32 Å². The van der Waals surface area contributed by atoms with Crippen molar-refractivity contribution in [2.24, 2.45) is 4.99 Å². The second-order valence-electron chi connectivity index (χ2n) is 9.71. The van der Waals surface area contributed by atoms with Crippen LogP contribution in [0, 0.1) is 5.41 Å². The number of nitrogens with zero attached hydrogens (tertiary/aromatic N) is 1. The van der Waals surface area contributed by atoms with E-state index in [4.69, 9.17) is 9.83 Å². The fourth-order valence-corrected chi connectivity index (χ4v) is 5.22. The SMILES string of the molecule is N=C(/N=C/c1ccc(Nc2ccccc2-c2cc3ccccc3c3c2oc2ccccc23)cc1)c1ccccc1. The fraction of sp³-hybridized carbons (Fsp3) is 0. The zero-order valence-electron chi connectivity index (χ0n) is 21.6. The Morgan fingerprint density at radius 2 is 1.38 bits per heavy atom. The summed E-state index contributed by atoms with van der Waals surface area (Å²) in [6.07, 6.45) is 1.72. The van der Waals surface area contributed by atoms with Crippen molar-refractivity contribution in [3.8, 4) is 11.1 Å². The predicted molar refractivity (Wildman–Crippen MR) is 167 cm³/mol. The van der Waals surface area contributed by atoms with E-state index in [0.29, 0.717) is 0 Å². The van der Waals surface area contributed by atoms with Crippen molar-refractivity contribution in [2.45, 2.75) is 0 Å². The van der Waals surface area contributed by atoms with Crippen LogP contribution in [0.4, 0.5) is 11.4 Å². The molecule has 4 heteroatoms. The minimum atomic E-state index is 0.240. The van der Waals surface area contributed by atoms with Crippen molar-refractivity contribution < 1.29 is 4.42 Å². The first-order chi connectivity index (χ1) is 19.7. The summed E-state index contributed by atoms with van der Waals surface area (Å²) in [5.41, 5.74) is 7.57. The minimum Gasteiger partial charge on any atom is -0.455 e. The molecule has 190 valence electrons. The first-order valence-corrected chi connectivity index (χ1v) is 13.2. The lowest BCUT2D eigenvalue weighted by atomic mass is 9.95. The molecular formula is C36H25N3O. The molecule has 0 aliphatic heterocycles. The van der Waals surface area contributed by atoms with Crippen LogP contribution in [0.5, 0.6) is 0 Å². The summed E-state index contributed by atoms with van der Waals surface area (Å²) < 4.78 is 6.49. The van der Waals surface area contributed by atoms with Crippen molar-refractivity contribution in [1.82, 2.24) is 0 Å². The Balaban J connectivity index is 1.24. The highest BCUT2D eigenvalue weighted by molar-refractivity contribution is 6.23. The van der Waals surface area contributed by atoms with Gasteiger partial charge in [0.05, 0.1) is 0 Å². The Morgan fingerprint density at radius 3 is 2.23 bits per heavy atom. The standard InChI is InChI=1S/C36H25N3O/c37-36(25-10-2-1-3-11-25)38-23-24-18-20-27(21-19-24)39-32-16-8-6-14-29(32)31-22-26-12-4-5-13-28(26)34-30-15-7-9-17-33(30)40-35(31)34/h1-23,37,39H/b37-36?,38-23+. The highest BCUT2D eigenvalue weighted by atomic mass is 16.3. The topological polar surface area (TPSA) is 61.4 Å². The lowest BCUT2D eigenvalue weighted by molar-refractivity contribution is 0.670. The quantitative estimate of drug-likeness (QED) is 0.177. The Morgan fingerprint density at radius 1 is 0.675 bits per heavy atom. The molecular weight excluding hydrogens is 490 g/mol. The van der Waals surface area contributed by atoms with Gasteiger partial charge in [-0.15, -0.1) is 0 Å². The van der Waals surface area contributed by atoms with Crippen molar-refractivity contribution in [3.05, 3.63) is 145 Å². The molecule has 0 amide bonds. The molecule has 0 aliphatic carbocycles. The number of amidine groups is 1. The maximum absolute atomic E-state index is 8.20. The number of aliphatic imine (C=N–C) groups is 1. The molecule has 1 aromatic heterocycles. The van der Waals surface area contributed by atoms with Gasteiger partial charge < -0.3 is 9.73 Å². The monoisotopic (exact) mass is 515 g/mol. The van der Waals surface area contributed by atoms with Crippen LogP contribution in [0.2, 0.25) is 0 Å². The number of fused-ring (bicyclic) bond motifs is 5. The number of nitrogens with one attached hydrogen (secondary N) is 2. The first kappa shape index (κ1) is 23.6. The van der Waals surface area contributed by atoms with Gasteiger partial charge in [-0.25, -0.2) is 4.99 Å². The number of rotatable bonds is 5. The summed E-state index contributed by atoms with van der Waals surface area (Å²) in [7, 11) is 0. The van der Waals surface area contributed by atoms with E-state index in [0.717, 1.165) is 55.6 Å². The van der Waals surface area contributed by atoms with Crippen molar-refractivity contribution in [3.63, 3.8) is 0 Å². The van der Waals surface area contributed by atoms with E-state index in [-0.39, 0.29) is 5.84 Å². The molecule has 6 aromatic carbocycles. The van der Waals surface area contributed by atoms with Gasteiger partial charge >= 0.3 is 0 Å². The summed E-state index contributed by atoms with van der Waals surface area (Å²) in [6, 6.07) is 44.9. The van der Waals surface area contributed by atoms with E-state index in [2.05, 4.69) is 71.0 Å². The van der Waals surface area contributed by atoms with Crippen molar-refractivity contribution in [2.75, 3.05) is 5.32 Å². The summed E-state index contributed by atoms with van der Waals surface area (Å²) in [5.74, 6) is 0.240. The molecule has 0 spiro atoms. The lowest BCUT2D eigenvalue weighted by Gasteiger charge is -2.14. The van der Waals surface area contributed by atoms with Crippen LogP contribution >= 0.6 is 0 Å². The first-order valence-electron chi connectivity index (χ1n) is 13.2. The molecule has 0 unspecified atom stereocenters. The number of anilines is 2. The summed E-state index contributed by atoms with van der Waals surface area (Å²) in [6.45, 7) is 0. The molecule has 0 saturated heterocycles. The normalized spacial score (nSPS) is 11.5. The third kappa shape index (κ3) is 4.32. The summed E-state index contributed by atoms with van der Waals surface area (Å²) in [4.78, 5) is 4.33. The molecule has 0 saturated carbocycles. The lowest BCUT2D eigenvalue weighted by Crippen LogP contribution is -1.96. The number of furan rings is 1. The van der Waals surface area contributed by atoms with Crippen LogP contribution in [0.25, 0.3) is 43.8 Å². The average Bonchev–Trinajstić information content (AvgIpc) is 3.41. The molecule has 0 atom stereocenters. The Bertz CT molecular complexity index is 2040. The molecule has 0 bridgehead atoms. The molecule has 0 radical (unpaired) electrons. The summed E-state index contributed by atoms with van der Waals surface area (Å²) in [5, 5.41) is 16.4. The highest BCUT2D eigenvalue weighted by Crippen LogP contribution is 2.43. The molecule has 40 heavy (non-hydrogen) atoms. The average molecular weight is 516 g/mol. The largest absolute Gasteiger partial charge is 0.455 e. The van der Waals surface area contributed by atoms with Crippen molar-refractivity contribution >= 4 is 56.1 Å². The van der Waals surface area contributed by atoms with Gasteiger partial charge in [-0.1, -0.05) is 103 Å². The second-order valence-corrected chi connectivity index (χ2v) is 9.71. The van der Waals surface area contributed by atoms with E-state index in [1.54, 1.807) is 6.21 Å². The van der Waals surface area contributed by atoms with Crippen LogP contribution in [0.3, 0.4) is 0 Å². The number of hydrogen-bond acceptors (Lipinski definition) is 3. The Kier molecular flexibility index (Phi) is 5.91. The molecule has 0 aliphatic rings. The third-order valence-corrected chi connectivity index (χ3v) is 7.17. The van der Waals surface area contributed by atoms with Crippen molar-refractivity contribution in [1.29, 1.82) is 5.41 Å². The Labute approximate surface area is 231 Å². The van der Waals surface area contributed by atoms with Crippen LogP contribution in [0.15, 0.2) is 143 Å². The zero-order valence-corrected chi connectivity index (χ0v) is 21.6. The summed E-state index contributed by atoms with van der Waals surface area (Å²) >= 11 is 0. The van der Waals surface area contributed by atoms with Crippen LogP contribution in [0.1, 0.15) is 11.1 Å². The predicted octanol–water partition coefficient (Wildman–Crippen LogP) is 9.59. The van der Waals surface area contributed by atoms with E-state index in [1.807, 2.05) is 72.8 Å². The van der Waals surface area contributed by atoms with E-state index in [1.165, 1.54) is 10.8 Å². The highest BCUT2D eigenvalue weighted by Gasteiger charge is 2.17. The molecule has 7 aromatic rings. The maximum Gasteiger partial charge on any atom is 0.151 e. The van der Waals surface area contributed by atoms with Gasteiger partial charge in [0.1, 0.15) is 11.2 Å². The number of hydrogen-bond donors (Lipinski definition) is 2. The van der Waals surface area contributed by atoms with Gasteiger partial charge in [-0.05, 0) is 46.7 Å². The van der Waals surface area contributed by atoms with Gasteiger partial charge in [0.2, 0.25) is 0 Å². The maximum atomic E-state index is 8.20. The molecule has 4 nitrogen and oxygen atoms in total. The molecule has 7 rings (SSSR count). The number of para-hydroxylation sites is 2. The minimum absolute atomic E-state index is 0.240. The van der Waals surface area contributed by atoms with Gasteiger partial charge in [0.25, 0.3) is 0 Å². The molecule has 2 N–H and O–H groups in total. The molecule has 1 heterocycles. The van der Waals surface area contributed by atoms with Gasteiger partial charge in [-0.3, -0.25) is 5.41 Å². The second kappa shape index (κ2) is 10.0. The fourth-order valence-electron chi connectivity index (χ4n) is 5.22. The Hall–Kier alpha value is -5.48. The van der Waals surface area contributed by atoms with Gasteiger partial charge in [0.15, 0.2) is 5.84 Å². The van der Waals surface area contributed by atoms with E-state index in [9.17, 15) is 0 Å².